The number of ether oxygens (including phenoxy) is 7. The third kappa shape index (κ3) is 15.0. The normalized spacial score (nSPS) is 17.8. The van der Waals surface area contributed by atoms with Crippen LogP contribution < -0.4 is 19.8 Å². The first-order chi connectivity index (χ1) is 37.2. The van der Waals surface area contributed by atoms with Crippen LogP contribution in [0.15, 0.2) is 201 Å². The van der Waals surface area contributed by atoms with E-state index >= 15 is 0 Å². The molecule has 1 heterocycles. The van der Waals surface area contributed by atoms with Gasteiger partial charge >= 0.3 is 0 Å². The van der Waals surface area contributed by atoms with Crippen molar-refractivity contribution in [2.75, 3.05) is 33.0 Å². The van der Waals surface area contributed by atoms with Crippen molar-refractivity contribution < 1.29 is 37.6 Å². The Kier molecular flexibility index (Phi) is 21.1. The topological polar surface area (TPSA) is 73.8 Å². The molecule has 7 aromatic rings. The van der Waals surface area contributed by atoms with Gasteiger partial charge in [0.1, 0.15) is 48.6 Å². The molecule has 0 aliphatic carbocycles. The van der Waals surface area contributed by atoms with Crippen LogP contribution in [0.25, 0.3) is 0 Å². The molecular weight excluding hydrogens is 984 g/mol. The molecule has 0 spiro atoms. The van der Waals surface area contributed by atoms with Gasteiger partial charge in [0.25, 0.3) is 8.32 Å². The first-order valence-electron chi connectivity index (χ1n) is 26.9. The van der Waals surface area contributed by atoms with E-state index in [0.717, 1.165) is 58.4 Å². The quantitative estimate of drug-likeness (QED) is 0.0273. The van der Waals surface area contributed by atoms with Crippen molar-refractivity contribution in [2.45, 2.75) is 109 Å². The Bertz CT molecular complexity index is 2740. The van der Waals surface area contributed by atoms with Crippen LogP contribution in [0.1, 0.15) is 86.4 Å². The van der Waals surface area contributed by atoms with Crippen molar-refractivity contribution in [1.82, 2.24) is 0 Å². The highest BCUT2D eigenvalue weighted by Crippen LogP contribution is 2.44. The van der Waals surface area contributed by atoms with E-state index in [2.05, 4.69) is 143 Å². The molecule has 0 aromatic heterocycles. The number of hydrogen-bond donors (Lipinski definition) is 0. The summed E-state index contributed by atoms with van der Waals surface area (Å²) in [6.45, 7) is 16.2. The predicted molar refractivity (Wildman–Crippen MR) is 308 cm³/mol. The molecule has 10 heteroatoms. The van der Waals surface area contributed by atoms with Crippen LogP contribution in [0.2, 0.25) is 10.1 Å². The van der Waals surface area contributed by atoms with E-state index in [1.165, 1.54) is 10.4 Å². The summed E-state index contributed by atoms with van der Waals surface area (Å²) in [4.78, 5) is 0. The molecule has 0 N–H and O–H groups in total. The molecule has 1 aliphatic heterocycles. The van der Waals surface area contributed by atoms with E-state index in [1.54, 1.807) is 6.08 Å². The molecule has 8 rings (SSSR count). The largest absolute Gasteiger partial charge is 0.494 e. The van der Waals surface area contributed by atoms with E-state index < -0.39 is 38.8 Å². The van der Waals surface area contributed by atoms with Gasteiger partial charge in [-0.2, -0.15) is 0 Å². The molecule has 0 bridgehead atoms. The fourth-order valence-corrected chi connectivity index (χ4v) is 15.0. The van der Waals surface area contributed by atoms with Crippen molar-refractivity contribution in [3.05, 3.63) is 239 Å². The monoisotopic (exact) mass is 1060 g/mol. The van der Waals surface area contributed by atoms with E-state index in [1.807, 2.05) is 79.7 Å². The second kappa shape index (κ2) is 28.5. The molecule has 0 amide bonds. The number of hydrogen-bond acceptors (Lipinski definition) is 8. The third-order valence-corrected chi connectivity index (χ3v) is 19.3. The molecule has 0 unspecified atom stereocenters. The third-order valence-electron chi connectivity index (χ3n) is 13.9. The Morgan fingerprint density at radius 1 is 0.579 bits per heavy atom. The van der Waals surface area contributed by atoms with Crippen molar-refractivity contribution >= 4 is 30.3 Å². The Labute approximate surface area is 458 Å². The Hall–Kier alpha value is -5.85. The molecule has 398 valence electrons. The summed E-state index contributed by atoms with van der Waals surface area (Å²) < 4.78 is 54.9. The minimum atomic E-state index is -2.64. The highest BCUT2D eigenvalue weighted by Gasteiger charge is 2.51. The maximum absolute atomic E-state index is 7.43. The van der Waals surface area contributed by atoms with Gasteiger partial charge in [-0.05, 0) is 100 Å². The number of benzene rings is 7. The van der Waals surface area contributed by atoms with Gasteiger partial charge in [0.15, 0.2) is 0 Å². The summed E-state index contributed by atoms with van der Waals surface area (Å²) in [5, 5.41) is 3.05. The van der Waals surface area contributed by atoms with Crippen LogP contribution in [-0.2, 0) is 54.4 Å². The van der Waals surface area contributed by atoms with Gasteiger partial charge in [-0.25, -0.2) is 0 Å². The molecule has 7 aromatic carbocycles. The standard InChI is InChI=1S/C66H75ClO8Si/c1-6-40-70-60-45-59(67)54(43-50-36-38-55(39-37-50)69-7-2)44-58(60)62-64(72-47-52-28-16-9-17-29-52)65(73-48-53-30-18-10-19-31-53)63(71-46-51-26-14-8-15-27-51)61(75-62)49-68-41-24-13-25-42-74-76(66(3,4)5,56-32-20-11-21-33-56)57-34-22-12-23-35-57/h6,8-12,14-23,26-39,44-45,61-65H,1,7,13,24-25,40-43,46-49H2,2-5H3/t61-,62+,63-,64+,65+/m1/s1. The molecular formula is C66H75ClO8Si. The van der Waals surface area contributed by atoms with Crippen LogP contribution in [0.5, 0.6) is 11.5 Å². The first-order valence-corrected chi connectivity index (χ1v) is 29.2. The minimum absolute atomic E-state index is 0.0909. The maximum Gasteiger partial charge on any atom is 0.261 e. The van der Waals surface area contributed by atoms with E-state index in [4.69, 9.17) is 49.2 Å². The molecule has 0 radical (unpaired) electrons. The lowest BCUT2D eigenvalue weighted by Crippen LogP contribution is -2.66. The molecule has 1 fully saturated rings. The van der Waals surface area contributed by atoms with Gasteiger partial charge < -0.3 is 37.6 Å². The Morgan fingerprint density at radius 2 is 1.09 bits per heavy atom. The SMILES string of the molecule is C=CCOc1cc(Cl)c(Cc2ccc(OCC)cc2)cc1[C@@H]1O[C@H](COCCCCCO[Si](c2ccccc2)(c2ccccc2)C(C)(C)C)[C@@H](OCc2ccccc2)[C@H](OCc2ccccc2)[C@H]1OCc1ccccc1. The Morgan fingerprint density at radius 3 is 1.62 bits per heavy atom. The van der Waals surface area contributed by atoms with Gasteiger partial charge in [-0.15, -0.1) is 0 Å². The lowest BCUT2D eigenvalue weighted by atomic mass is 9.88. The lowest BCUT2D eigenvalue weighted by Gasteiger charge is -2.46. The fourth-order valence-electron chi connectivity index (χ4n) is 10.2. The lowest BCUT2D eigenvalue weighted by molar-refractivity contribution is -0.274. The van der Waals surface area contributed by atoms with Crippen LogP contribution in [-0.4, -0.2) is 65.8 Å². The molecule has 5 atom stereocenters. The van der Waals surface area contributed by atoms with Crippen molar-refractivity contribution in [3.8, 4) is 11.5 Å². The predicted octanol–water partition coefficient (Wildman–Crippen LogP) is 13.9. The van der Waals surface area contributed by atoms with Gasteiger partial charge in [0, 0.05) is 23.8 Å². The summed E-state index contributed by atoms with van der Waals surface area (Å²) in [5.41, 5.74) is 5.85. The molecule has 1 aliphatic rings. The zero-order valence-corrected chi connectivity index (χ0v) is 46.5. The van der Waals surface area contributed by atoms with Gasteiger partial charge in [-0.3, -0.25) is 0 Å². The van der Waals surface area contributed by atoms with Crippen molar-refractivity contribution in [3.63, 3.8) is 0 Å². The van der Waals surface area contributed by atoms with E-state index in [0.29, 0.717) is 56.8 Å². The summed E-state index contributed by atoms with van der Waals surface area (Å²) in [5.74, 6) is 1.39. The summed E-state index contributed by atoms with van der Waals surface area (Å²) in [6, 6.07) is 64.4. The Balaban J connectivity index is 1.09. The summed E-state index contributed by atoms with van der Waals surface area (Å²) >= 11 is 7.18. The van der Waals surface area contributed by atoms with Crippen molar-refractivity contribution in [1.29, 1.82) is 0 Å². The smallest absolute Gasteiger partial charge is 0.261 e. The zero-order valence-electron chi connectivity index (χ0n) is 44.7. The van der Waals surface area contributed by atoms with Crippen LogP contribution in [0.3, 0.4) is 0 Å². The number of halogens is 1. The van der Waals surface area contributed by atoms with E-state index in [9.17, 15) is 0 Å². The van der Waals surface area contributed by atoms with Gasteiger partial charge in [-0.1, -0.05) is 209 Å². The molecule has 0 saturated carbocycles. The molecule has 8 nitrogen and oxygen atoms in total. The number of rotatable bonds is 28. The highest BCUT2D eigenvalue weighted by molar-refractivity contribution is 6.99. The molecule has 1 saturated heterocycles. The van der Waals surface area contributed by atoms with Crippen molar-refractivity contribution in [2.24, 2.45) is 0 Å². The summed E-state index contributed by atoms with van der Waals surface area (Å²) in [7, 11) is -2.64. The average Bonchev–Trinajstić information content (AvgIpc) is 3.46. The fraction of sp³-hybridized carbons (Fsp3) is 0.333. The van der Waals surface area contributed by atoms with Crippen LogP contribution in [0, 0.1) is 0 Å². The highest BCUT2D eigenvalue weighted by atomic mass is 35.5. The van der Waals surface area contributed by atoms with Crippen LogP contribution in [0.4, 0.5) is 0 Å². The minimum Gasteiger partial charge on any atom is -0.494 e. The average molecular weight is 1060 g/mol. The maximum atomic E-state index is 7.43. The summed E-state index contributed by atoms with van der Waals surface area (Å²) in [6.07, 6.45) is 1.78. The van der Waals surface area contributed by atoms with Gasteiger partial charge in [0.2, 0.25) is 0 Å². The van der Waals surface area contributed by atoms with E-state index in [-0.39, 0.29) is 18.3 Å². The number of unbranched alkanes of at least 4 members (excludes halogenated alkanes) is 2. The zero-order chi connectivity index (χ0) is 53.0. The molecule has 76 heavy (non-hydrogen) atoms. The van der Waals surface area contributed by atoms with Crippen LogP contribution >= 0.6 is 11.6 Å². The second-order valence-corrected chi connectivity index (χ2v) is 25.1. The first kappa shape index (κ1) is 56.4. The van der Waals surface area contributed by atoms with Gasteiger partial charge in [0.05, 0.1) is 33.0 Å². The second-order valence-electron chi connectivity index (χ2n) is 20.4.